The number of benzene rings is 2. The van der Waals surface area contributed by atoms with E-state index in [-0.39, 0.29) is 0 Å². The SMILES string of the molecule is COc1cccc(-c2ccc(CC(C)C)cc2[C@H]2CCCC2(C)C)c1. The number of ether oxygens (including phenoxy) is 1. The fourth-order valence-corrected chi connectivity index (χ4v) is 4.46. The second kappa shape index (κ2) is 7.23. The van der Waals surface area contributed by atoms with E-state index in [1.807, 2.05) is 6.07 Å². The van der Waals surface area contributed by atoms with Crippen molar-refractivity contribution in [3.63, 3.8) is 0 Å². The Morgan fingerprint density at radius 3 is 2.56 bits per heavy atom. The molecule has 3 rings (SSSR count). The summed E-state index contributed by atoms with van der Waals surface area (Å²) in [7, 11) is 1.74. The quantitative estimate of drug-likeness (QED) is 0.580. The largest absolute Gasteiger partial charge is 0.497 e. The van der Waals surface area contributed by atoms with Crippen LogP contribution in [-0.4, -0.2) is 7.11 Å². The van der Waals surface area contributed by atoms with E-state index in [4.69, 9.17) is 4.74 Å². The van der Waals surface area contributed by atoms with Gasteiger partial charge in [0.05, 0.1) is 7.11 Å². The molecule has 134 valence electrons. The summed E-state index contributed by atoms with van der Waals surface area (Å²) in [5.74, 6) is 2.26. The van der Waals surface area contributed by atoms with E-state index in [0.29, 0.717) is 17.3 Å². The van der Waals surface area contributed by atoms with Crippen molar-refractivity contribution in [3.8, 4) is 16.9 Å². The van der Waals surface area contributed by atoms with Crippen LogP contribution in [-0.2, 0) is 6.42 Å². The molecule has 1 aliphatic carbocycles. The molecule has 1 fully saturated rings. The number of rotatable bonds is 5. The molecule has 1 heteroatoms. The molecule has 0 spiro atoms. The first kappa shape index (κ1) is 18.0. The van der Waals surface area contributed by atoms with E-state index in [9.17, 15) is 0 Å². The molecule has 0 aromatic heterocycles. The third-order valence-electron chi connectivity index (χ3n) is 5.77. The van der Waals surface area contributed by atoms with Crippen molar-refractivity contribution in [1.29, 1.82) is 0 Å². The third kappa shape index (κ3) is 3.92. The maximum absolute atomic E-state index is 5.46. The van der Waals surface area contributed by atoms with Crippen LogP contribution in [0.25, 0.3) is 11.1 Å². The van der Waals surface area contributed by atoms with E-state index in [1.165, 1.54) is 41.5 Å². The summed E-state index contributed by atoms with van der Waals surface area (Å²) in [6, 6.07) is 15.7. The summed E-state index contributed by atoms with van der Waals surface area (Å²) < 4.78 is 5.46. The van der Waals surface area contributed by atoms with Crippen LogP contribution in [0.1, 0.15) is 64.0 Å². The molecule has 1 saturated carbocycles. The molecule has 2 aromatic carbocycles. The lowest BCUT2D eigenvalue weighted by Gasteiger charge is -2.30. The van der Waals surface area contributed by atoms with Crippen molar-refractivity contribution in [3.05, 3.63) is 53.6 Å². The Morgan fingerprint density at radius 2 is 1.92 bits per heavy atom. The van der Waals surface area contributed by atoms with Gasteiger partial charge in [0.25, 0.3) is 0 Å². The van der Waals surface area contributed by atoms with Crippen LogP contribution in [0.4, 0.5) is 0 Å². The van der Waals surface area contributed by atoms with Gasteiger partial charge < -0.3 is 4.74 Å². The Balaban J connectivity index is 2.10. The first-order chi connectivity index (χ1) is 11.9. The van der Waals surface area contributed by atoms with Crippen LogP contribution in [0.5, 0.6) is 5.75 Å². The average Bonchev–Trinajstić information content (AvgIpc) is 2.93. The van der Waals surface area contributed by atoms with Gasteiger partial charge >= 0.3 is 0 Å². The Bertz CT molecular complexity index is 727. The monoisotopic (exact) mass is 336 g/mol. The van der Waals surface area contributed by atoms with Gasteiger partial charge in [0.15, 0.2) is 0 Å². The highest BCUT2D eigenvalue weighted by Gasteiger charge is 2.36. The molecular weight excluding hydrogens is 304 g/mol. The Hall–Kier alpha value is -1.76. The van der Waals surface area contributed by atoms with Crippen molar-refractivity contribution in [1.82, 2.24) is 0 Å². The molecule has 2 aromatic rings. The number of hydrogen-bond donors (Lipinski definition) is 0. The fourth-order valence-electron chi connectivity index (χ4n) is 4.46. The van der Waals surface area contributed by atoms with E-state index in [1.54, 1.807) is 7.11 Å². The van der Waals surface area contributed by atoms with Gasteiger partial charge in [0, 0.05) is 0 Å². The predicted molar refractivity (Wildman–Crippen MR) is 107 cm³/mol. The highest BCUT2D eigenvalue weighted by atomic mass is 16.5. The molecule has 0 aliphatic heterocycles. The van der Waals surface area contributed by atoms with Gasteiger partial charge in [-0.15, -0.1) is 0 Å². The second-order valence-corrected chi connectivity index (χ2v) is 8.68. The van der Waals surface area contributed by atoms with Gasteiger partial charge in [0.2, 0.25) is 0 Å². The highest BCUT2D eigenvalue weighted by Crippen LogP contribution is 2.51. The van der Waals surface area contributed by atoms with Crippen molar-refractivity contribution in [2.75, 3.05) is 7.11 Å². The van der Waals surface area contributed by atoms with Crippen LogP contribution < -0.4 is 4.74 Å². The lowest BCUT2D eigenvalue weighted by Crippen LogP contribution is -2.16. The molecule has 0 N–H and O–H groups in total. The van der Waals surface area contributed by atoms with Gasteiger partial charge in [-0.25, -0.2) is 0 Å². The molecule has 0 unspecified atom stereocenters. The molecule has 1 nitrogen and oxygen atoms in total. The summed E-state index contributed by atoms with van der Waals surface area (Å²) in [6.45, 7) is 9.48. The lowest BCUT2D eigenvalue weighted by atomic mass is 9.75. The van der Waals surface area contributed by atoms with Crippen LogP contribution >= 0.6 is 0 Å². The molecule has 0 saturated heterocycles. The average molecular weight is 337 g/mol. The first-order valence-electron chi connectivity index (χ1n) is 9.68. The van der Waals surface area contributed by atoms with Crippen molar-refractivity contribution < 1.29 is 4.74 Å². The van der Waals surface area contributed by atoms with Gasteiger partial charge in [-0.2, -0.15) is 0 Å². The minimum Gasteiger partial charge on any atom is -0.497 e. The summed E-state index contributed by atoms with van der Waals surface area (Å²) in [5, 5.41) is 0. The number of hydrogen-bond acceptors (Lipinski definition) is 1. The van der Waals surface area contributed by atoms with Gasteiger partial charge in [-0.3, -0.25) is 0 Å². The smallest absolute Gasteiger partial charge is 0.119 e. The molecule has 0 radical (unpaired) electrons. The molecule has 0 bridgehead atoms. The zero-order valence-corrected chi connectivity index (χ0v) is 16.4. The summed E-state index contributed by atoms with van der Waals surface area (Å²) >= 11 is 0. The van der Waals surface area contributed by atoms with Crippen molar-refractivity contribution in [2.24, 2.45) is 11.3 Å². The summed E-state index contributed by atoms with van der Waals surface area (Å²) in [6.07, 6.45) is 5.11. The standard InChI is InChI=1S/C24H32O/c1-17(2)14-18-11-12-21(19-8-6-9-20(16-19)25-5)22(15-18)23-10-7-13-24(23,3)4/h6,8-9,11-12,15-17,23H,7,10,13-14H2,1-5H3/t23-/m1/s1. The molecule has 0 amide bonds. The molecule has 1 aliphatic rings. The lowest BCUT2D eigenvalue weighted by molar-refractivity contribution is 0.332. The normalized spacial score (nSPS) is 19.4. The Morgan fingerprint density at radius 1 is 1.12 bits per heavy atom. The maximum atomic E-state index is 5.46. The van der Waals surface area contributed by atoms with Gasteiger partial charge in [0.1, 0.15) is 5.75 Å². The van der Waals surface area contributed by atoms with Crippen molar-refractivity contribution >= 4 is 0 Å². The van der Waals surface area contributed by atoms with Crippen LogP contribution in [0.3, 0.4) is 0 Å². The zero-order valence-electron chi connectivity index (χ0n) is 16.4. The minimum atomic E-state index is 0.379. The van der Waals surface area contributed by atoms with E-state index < -0.39 is 0 Å². The first-order valence-corrected chi connectivity index (χ1v) is 9.68. The third-order valence-corrected chi connectivity index (χ3v) is 5.77. The Kier molecular flexibility index (Phi) is 5.22. The van der Waals surface area contributed by atoms with Crippen LogP contribution in [0, 0.1) is 11.3 Å². The molecule has 0 heterocycles. The second-order valence-electron chi connectivity index (χ2n) is 8.68. The summed E-state index contributed by atoms with van der Waals surface area (Å²) in [5.41, 5.74) is 6.04. The summed E-state index contributed by atoms with van der Waals surface area (Å²) in [4.78, 5) is 0. The highest BCUT2D eigenvalue weighted by molar-refractivity contribution is 5.70. The number of methoxy groups -OCH3 is 1. The molecule has 1 atom stereocenters. The van der Waals surface area contributed by atoms with E-state index in [0.717, 1.165) is 12.2 Å². The topological polar surface area (TPSA) is 9.23 Å². The maximum Gasteiger partial charge on any atom is 0.119 e. The zero-order chi connectivity index (χ0) is 18.0. The predicted octanol–water partition coefficient (Wildman–Crippen LogP) is 6.85. The van der Waals surface area contributed by atoms with Crippen molar-refractivity contribution in [2.45, 2.75) is 59.3 Å². The molecular formula is C24H32O. The van der Waals surface area contributed by atoms with E-state index >= 15 is 0 Å². The van der Waals surface area contributed by atoms with E-state index in [2.05, 4.69) is 64.1 Å². The van der Waals surface area contributed by atoms with Crippen LogP contribution in [0.2, 0.25) is 0 Å². The van der Waals surface area contributed by atoms with Gasteiger partial charge in [-0.05, 0) is 70.9 Å². The van der Waals surface area contributed by atoms with Crippen LogP contribution in [0.15, 0.2) is 42.5 Å². The Labute approximate surface area is 153 Å². The molecule has 25 heavy (non-hydrogen) atoms. The fraction of sp³-hybridized carbons (Fsp3) is 0.500. The minimum absolute atomic E-state index is 0.379. The van der Waals surface area contributed by atoms with Gasteiger partial charge in [-0.1, -0.05) is 64.4 Å².